The highest BCUT2D eigenvalue weighted by molar-refractivity contribution is 6.39. The van der Waals surface area contributed by atoms with Crippen LogP contribution in [0.2, 0.25) is 0 Å². The summed E-state index contributed by atoms with van der Waals surface area (Å²) in [6.45, 7) is 3.04. The predicted molar refractivity (Wildman–Crippen MR) is 103 cm³/mol. The number of hydrogen-bond donors (Lipinski definition) is 0. The van der Waals surface area contributed by atoms with Crippen LogP contribution in [0.3, 0.4) is 0 Å². The van der Waals surface area contributed by atoms with Gasteiger partial charge < -0.3 is 9.64 Å². The number of halogens is 3. The number of carbonyl (C=O) groups excluding carboxylic acids is 1. The Morgan fingerprint density at radius 3 is 2.63 bits per heavy atom. The van der Waals surface area contributed by atoms with Crippen LogP contribution in [0.5, 0.6) is 0 Å². The van der Waals surface area contributed by atoms with E-state index < -0.39 is 23.1 Å². The predicted octanol–water partition coefficient (Wildman–Crippen LogP) is 1.62. The molecule has 0 radical (unpaired) electrons. The van der Waals surface area contributed by atoms with Crippen molar-refractivity contribution in [2.75, 3.05) is 20.2 Å². The molecule has 0 unspecified atom stereocenters. The molecule has 4 nitrogen and oxygen atoms in total. The van der Waals surface area contributed by atoms with Crippen LogP contribution in [-0.4, -0.2) is 52.2 Å². The van der Waals surface area contributed by atoms with E-state index in [1.165, 1.54) is 6.07 Å². The minimum Gasteiger partial charge on any atom is -0.467 e. The summed E-state index contributed by atoms with van der Waals surface area (Å²) in [6.07, 6.45) is -1.30. The van der Waals surface area contributed by atoms with Crippen LogP contribution in [0, 0.1) is 12.7 Å². The quantitative estimate of drug-likeness (QED) is 0.399. The molecule has 0 aliphatic heterocycles. The molecule has 0 saturated carbocycles. The molecule has 0 atom stereocenters. The van der Waals surface area contributed by atoms with E-state index in [0.717, 1.165) is 23.4 Å². The van der Waals surface area contributed by atoms with Crippen molar-refractivity contribution < 1.29 is 22.7 Å². The first-order chi connectivity index (χ1) is 12.7. The molecule has 2 rings (SSSR count). The lowest BCUT2D eigenvalue weighted by atomic mass is 9.56. The number of nitrogens with zero attached hydrogens (tertiary/aromatic N) is 2. The van der Waals surface area contributed by atoms with Gasteiger partial charge in [0.05, 0.1) is 5.56 Å². The number of pyridine rings is 1. The van der Waals surface area contributed by atoms with Crippen LogP contribution < -0.4 is 0 Å². The van der Waals surface area contributed by atoms with Crippen molar-refractivity contribution in [1.82, 2.24) is 9.88 Å². The molecule has 142 valence electrons. The molecule has 27 heavy (non-hydrogen) atoms. The average molecular weight is 376 g/mol. The third-order valence-corrected chi connectivity index (χ3v) is 4.88. The van der Waals surface area contributed by atoms with Gasteiger partial charge in [0.15, 0.2) is 0 Å². The van der Waals surface area contributed by atoms with Crippen molar-refractivity contribution in [3.63, 3.8) is 0 Å². The summed E-state index contributed by atoms with van der Waals surface area (Å²) >= 11 is 0. The average Bonchev–Trinajstić information content (AvgIpc) is 2.62. The van der Waals surface area contributed by atoms with E-state index in [1.54, 1.807) is 6.20 Å². The number of alkyl halides is 2. The second-order valence-electron chi connectivity index (χ2n) is 6.84. The van der Waals surface area contributed by atoms with Crippen LogP contribution in [0.1, 0.15) is 23.2 Å². The normalized spacial score (nSPS) is 11.8. The van der Waals surface area contributed by atoms with Crippen molar-refractivity contribution in [3.05, 3.63) is 53.1 Å². The molecule has 9 heteroatoms. The van der Waals surface area contributed by atoms with Gasteiger partial charge in [-0.15, -0.1) is 0 Å². The molecule has 1 aromatic heterocycles. The maximum atomic E-state index is 13.6. The first-order valence-electron chi connectivity index (χ1n) is 8.50. The first kappa shape index (κ1) is 21.0. The highest BCUT2D eigenvalue weighted by atomic mass is 19.3. The fraction of sp³-hybridized carbons (Fsp3) is 0.333. The number of benzene rings is 1. The number of aromatic nitrogens is 1. The van der Waals surface area contributed by atoms with Gasteiger partial charge in [-0.05, 0) is 48.6 Å². The summed E-state index contributed by atoms with van der Waals surface area (Å²) in [6, 6.07) is 5.54. The second kappa shape index (κ2) is 8.61. The molecule has 0 aliphatic rings. The minimum atomic E-state index is -2.89. The monoisotopic (exact) mass is 376 g/mol. The van der Waals surface area contributed by atoms with Crippen molar-refractivity contribution in [3.8, 4) is 11.1 Å². The summed E-state index contributed by atoms with van der Waals surface area (Å²) in [7, 11) is 5.89. The number of rotatable bonds is 8. The van der Waals surface area contributed by atoms with E-state index in [2.05, 4.69) is 4.98 Å². The smallest absolute Gasteiger partial charge is 0.293 e. The highest BCUT2D eigenvalue weighted by Crippen LogP contribution is 2.31. The van der Waals surface area contributed by atoms with Crippen LogP contribution >= 0.6 is 0 Å². The minimum absolute atomic E-state index is 0.255. The molecule has 0 N–H and O–H groups in total. The van der Waals surface area contributed by atoms with E-state index in [1.807, 2.05) is 40.6 Å². The molecule has 0 fully saturated rings. The zero-order chi connectivity index (χ0) is 20.2. The van der Waals surface area contributed by atoms with Crippen molar-refractivity contribution in [1.29, 1.82) is 0 Å². The lowest BCUT2D eigenvalue weighted by Crippen LogP contribution is -2.47. The number of ether oxygens (including phenoxy) is 1. The summed E-state index contributed by atoms with van der Waals surface area (Å²) in [5, 5.41) is -0.453. The molecule has 0 amide bonds. The standard InChI is InChI=1S/C18H21B2F3N2O2/c1-11-15(18(19,20)25(2)5-6-27-10-26)8-13(9-24-11)12-3-4-16(21)14(7-12)17(22)23/h3-4,7-10,17H,5-6,19-20H2,1-2H3. The fourth-order valence-electron chi connectivity index (χ4n) is 2.92. The van der Waals surface area contributed by atoms with Gasteiger partial charge in [0.1, 0.15) is 28.1 Å². The maximum Gasteiger partial charge on any atom is 0.293 e. The third kappa shape index (κ3) is 4.71. The topological polar surface area (TPSA) is 42.4 Å². The molecule has 0 saturated heterocycles. The Labute approximate surface area is 158 Å². The van der Waals surface area contributed by atoms with Gasteiger partial charge in [0, 0.05) is 24.0 Å². The highest BCUT2D eigenvalue weighted by Gasteiger charge is 2.28. The lowest BCUT2D eigenvalue weighted by molar-refractivity contribution is -0.129. The van der Waals surface area contributed by atoms with Crippen LogP contribution in [0.25, 0.3) is 11.1 Å². The first-order valence-corrected chi connectivity index (χ1v) is 8.50. The molecule has 1 aromatic carbocycles. The molecule has 0 aliphatic carbocycles. The van der Waals surface area contributed by atoms with E-state index in [4.69, 9.17) is 4.74 Å². The number of likely N-dealkylation sites (N-methyl/N-ethyl adjacent to an activating group) is 1. The van der Waals surface area contributed by atoms with E-state index in [-0.39, 0.29) is 6.61 Å². The Morgan fingerprint density at radius 2 is 2.00 bits per heavy atom. The summed E-state index contributed by atoms with van der Waals surface area (Å²) in [5.74, 6) is -0.927. The Morgan fingerprint density at radius 1 is 1.30 bits per heavy atom. The number of hydrogen-bond acceptors (Lipinski definition) is 4. The zero-order valence-electron chi connectivity index (χ0n) is 15.8. The van der Waals surface area contributed by atoms with Gasteiger partial charge in [0.2, 0.25) is 0 Å². The zero-order valence-corrected chi connectivity index (χ0v) is 15.8. The summed E-state index contributed by atoms with van der Waals surface area (Å²) < 4.78 is 44.4. The Hall–Kier alpha value is -2.28. The molecule has 2 aromatic rings. The summed E-state index contributed by atoms with van der Waals surface area (Å²) in [5.41, 5.74) is 2.17. The van der Waals surface area contributed by atoms with Gasteiger partial charge in [-0.3, -0.25) is 9.78 Å². The van der Waals surface area contributed by atoms with Gasteiger partial charge in [-0.1, -0.05) is 6.07 Å². The van der Waals surface area contributed by atoms with Crippen molar-refractivity contribution >= 4 is 22.2 Å². The summed E-state index contributed by atoms with van der Waals surface area (Å²) in [4.78, 5) is 16.7. The van der Waals surface area contributed by atoms with E-state index in [0.29, 0.717) is 24.1 Å². The van der Waals surface area contributed by atoms with E-state index in [9.17, 15) is 18.0 Å². The fourth-order valence-corrected chi connectivity index (χ4v) is 2.92. The van der Waals surface area contributed by atoms with Crippen molar-refractivity contribution in [2.45, 2.75) is 18.7 Å². The maximum absolute atomic E-state index is 13.6. The number of carbonyl (C=O) groups is 1. The van der Waals surface area contributed by atoms with Gasteiger partial charge in [-0.2, -0.15) is 0 Å². The Balaban J connectivity index is 2.41. The SMILES string of the molecule is BC(B)(c1cc(-c2ccc(F)c(C(F)F)c2)cnc1C)N(C)CCOC=O. The van der Waals surface area contributed by atoms with Crippen molar-refractivity contribution in [2.24, 2.45) is 0 Å². The Bertz CT molecular complexity index is 819. The Kier molecular flexibility index (Phi) is 6.70. The number of aryl methyl sites for hydroxylation is 1. The van der Waals surface area contributed by atoms with Crippen LogP contribution in [0.4, 0.5) is 13.2 Å². The molecule has 0 spiro atoms. The van der Waals surface area contributed by atoms with Crippen LogP contribution in [0.15, 0.2) is 30.5 Å². The van der Waals surface area contributed by atoms with Gasteiger partial charge in [0.25, 0.3) is 12.9 Å². The second-order valence-corrected chi connectivity index (χ2v) is 6.84. The molecular weight excluding hydrogens is 355 g/mol. The largest absolute Gasteiger partial charge is 0.467 e. The molecule has 0 bridgehead atoms. The molecule has 1 heterocycles. The van der Waals surface area contributed by atoms with Crippen LogP contribution in [-0.2, 0) is 14.9 Å². The van der Waals surface area contributed by atoms with Gasteiger partial charge >= 0.3 is 0 Å². The van der Waals surface area contributed by atoms with E-state index >= 15 is 0 Å². The van der Waals surface area contributed by atoms with Gasteiger partial charge in [-0.25, -0.2) is 13.2 Å². The molecular formula is C18H21B2F3N2O2. The third-order valence-electron chi connectivity index (χ3n) is 4.88. The lowest BCUT2D eigenvalue weighted by Gasteiger charge is -2.37.